The third kappa shape index (κ3) is 2.73. The first kappa shape index (κ1) is 14.3. The lowest BCUT2D eigenvalue weighted by Crippen LogP contribution is -2.12. The second-order valence-electron chi connectivity index (χ2n) is 4.77. The minimum atomic E-state index is 0.0997. The molecule has 108 valence electrons. The Morgan fingerprint density at radius 1 is 1.29 bits per heavy atom. The molecule has 0 aliphatic heterocycles. The van der Waals surface area contributed by atoms with Crippen molar-refractivity contribution in [2.24, 2.45) is 0 Å². The highest BCUT2D eigenvalue weighted by Gasteiger charge is 2.15. The van der Waals surface area contributed by atoms with Crippen LogP contribution in [0.1, 0.15) is 24.1 Å². The summed E-state index contributed by atoms with van der Waals surface area (Å²) in [6.45, 7) is 3.99. The van der Waals surface area contributed by atoms with E-state index >= 15 is 0 Å². The van der Waals surface area contributed by atoms with Crippen LogP contribution in [-0.4, -0.2) is 19.6 Å². The summed E-state index contributed by atoms with van der Waals surface area (Å²) in [6, 6.07) is 8.27. The van der Waals surface area contributed by atoms with Crippen molar-refractivity contribution in [3.05, 3.63) is 51.3 Å². The summed E-state index contributed by atoms with van der Waals surface area (Å²) in [5.74, 6) is 1.29. The zero-order valence-corrected chi connectivity index (χ0v) is 13.9. The van der Waals surface area contributed by atoms with Crippen LogP contribution < -0.4 is 5.32 Å². The van der Waals surface area contributed by atoms with Crippen molar-refractivity contribution in [1.82, 2.24) is 19.6 Å². The summed E-state index contributed by atoms with van der Waals surface area (Å²) in [6.07, 6.45) is 1.47. The first-order valence-electron chi connectivity index (χ1n) is 6.44. The molecule has 0 bridgehead atoms. The van der Waals surface area contributed by atoms with Gasteiger partial charge in [0.15, 0.2) is 0 Å². The molecule has 0 saturated carbocycles. The standard InChI is InChI=1S/C14H13BrClN5/c1-8-12(16)20-14-17-7-18-21(14)13(8)19-9(2)10-3-5-11(15)6-4-10/h3-7,9,19H,1-2H3. The minimum absolute atomic E-state index is 0.0997. The van der Waals surface area contributed by atoms with Gasteiger partial charge in [-0.05, 0) is 31.5 Å². The Morgan fingerprint density at radius 2 is 2.00 bits per heavy atom. The van der Waals surface area contributed by atoms with E-state index in [4.69, 9.17) is 11.6 Å². The molecule has 0 aliphatic carbocycles. The molecule has 0 spiro atoms. The van der Waals surface area contributed by atoms with Crippen molar-refractivity contribution in [2.45, 2.75) is 19.9 Å². The van der Waals surface area contributed by atoms with Crippen LogP contribution in [0.5, 0.6) is 0 Å². The lowest BCUT2D eigenvalue weighted by molar-refractivity contribution is 0.834. The van der Waals surface area contributed by atoms with Gasteiger partial charge >= 0.3 is 0 Å². The van der Waals surface area contributed by atoms with Crippen LogP contribution in [0.25, 0.3) is 5.78 Å². The number of halogens is 2. The molecule has 1 unspecified atom stereocenters. The van der Waals surface area contributed by atoms with E-state index < -0.39 is 0 Å². The fourth-order valence-electron chi connectivity index (χ4n) is 2.11. The van der Waals surface area contributed by atoms with Gasteiger partial charge in [0.2, 0.25) is 0 Å². The number of anilines is 1. The highest BCUT2D eigenvalue weighted by molar-refractivity contribution is 9.10. The van der Waals surface area contributed by atoms with E-state index in [9.17, 15) is 0 Å². The molecule has 2 aromatic heterocycles. The van der Waals surface area contributed by atoms with Gasteiger partial charge in [-0.1, -0.05) is 39.7 Å². The maximum absolute atomic E-state index is 6.16. The largest absolute Gasteiger partial charge is 0.363 e. The molecule has 0 fully saturated rings. The van der Waals surface area contributed by atoms with Crippen LogP contribution >= 0.6 is 27.5 Å². The van der Waals surface area contributed by atoms with Gasteiger partial charge < -0.3 is 5.32 Å². The molecule has 1 N–H and O–H groups in total. The van der Waals surface area contributed by atoms with E-state index in [0.29, 0.717) is 10.9 Å². The zero-order valence-electron chi connectivity index (χ0n) is 11.5. The number of hydrogen-bond acceptors (Lipinski definition) is 4. The fourth-order valence-corrected chi connectivity index (χ4v) is 2.54. The summed E-state index contributed by atoms with van der Waals surface area (Å²) in [7, 11) is 0. The number of aromatic nitrogens is 4. The molecule has 2 heterocycles. The molecule has 0 saturated heterocycles. The van der Waals surface area contributed by atoms with Gasteiger partial charge in [-0.15, -0.1) is 0 Å². The van der Waals surface area contributed by atoms with Crippen molar-refractivity contribution in [3.63, 3.8) is 0 Å². The van der Waals surface area contributed by atoms with Gasteiger partial charge in [0.1, 0.15) is 17.3 Å². The van der Waals surface area contributed by atoms with Gasteiger partial charge in [-0.3, -0.25) is 0 Å². The Kier molecular flexibility index (Phi) is 3.82. The van der Waals surface area contributed by atoms with Gasteiger partial charge in [0.05, 0.1) is 0 Å². The Bertz CT molecular complexity index is 784. The summed E-state index contributed by atoms with van der Waals surface area (Å²) in [5, 5.41) is 8.06. The summed E-state index contributed by atoms with van der Waals surface area (Å²) in [4.78, 5) is 8.28. The lowest BCUT2D eigenvalue weighted by Gasteiger charge is -2.18. The summed E-state index contributed by atoms with van der Waals surface area (Å²) >= 11 is 9.60. The molecule has 21 heavy (non-hydrogen) atoms. The Labute approximate surface area is 135 Å². The number of rotatable bonds is 3. The third-order valence-corrected chi connectivity index (χ3v) is 4.22. The molecule has 1 atom stereocenters. The van der Waals surface area contributed by atoms with Crippen LogP contribution in [0.4, 0.5) is 5.82 Å². The van der Waals surface area contributed by atoms with Crippen molar-refractivity contribution in [2.75, 3.05) is 5.32 Å². The average Bonchev–Trinajstić information content (AvgIpc) is 2.92. The molecule has 1 aromatic carbocycles. The monoisotopic (exact) mass is 365 g/mol. The second-order valence-corrected chi connectivity index (χ2v) is 6.04. The van der Waals surface area contributed by atoms with Crippen LogP contribution in [0, 0.1) is 6.92 Å². The minimum Gasteiger partial charge on any atom is -0.363 e. The van der Waals surface area contributed by atoms with Crippen LogP contribution in [-0.2, 0) is 0 Å². The van der Waals surface area contributed by atoms with E-state index in [-0.39, 0.29) is 6.04 Å². The smallest absolute Gasteiger partial charge is 0.255 e. The molecule has 3 aromatic rings. The van der Waals surface area contributed by atoms with E-state index in [0.717, 1.165) is 15.9 Å². The Balaban J connectivity index is 1.99. The zero-order chi connectivity index (χ0) is 15.0. The molecule has 7 heteroatoms. The lowest BCUT2D eigenvalue weighted by atomic mass is 10.1. The quantitative estimate of drug-likeness (QED) is 0.711. The van der Waals surface area contributed by atoms with E-state index in [1.807, 2.05) is 19.1 Å². The normalized spacial score (nSPS) is 12.6. The molecule has 0 radical (unpaired) electrons. The fraction of sp³-hybridized carbons (Fsp3) is 0.214. The molecule has 0 amide bonds. The first-order valence-corrected chi connectivity index (χ1v) is 7.61. The van der Waals surface area contributed by atoms with Crippen molar-refractivity contribution in [3.8, 4) is 0 Å². The molecular weight excluding hydrogens is 354 g/mol. The number of nitrogens with zero attached hydrogens (tertiary/aromatic N) is 4. The average molecular weight is 367 g/mol. The van der Waals surface area contributed by atoms with E-state index in [1.54, 1.807) is 4.52 Å². The van der Waals surface area contributed by atoms with Crippen LogP contribution in [0.3, 0.4) is 0 Å². The molecular formula is C14H13BrClN5. The van der Waals surface area contributed by atoms with E-state index in [1.165, 1.54) is 11.9 Å². The SMILES string of the molecule is Cc1c(Cl)nc2ncnn2c1NC(C)c1ccc(Br)cc1. The highest BCUT2D eigenvalue weighted by Crippen LogP contribution is 2.26. The topological polar surface area (TPSA) is 55.1 Å². The third-order valence-electron chi connectivity index (χ3n) is 3.33. The predicted molar refractivity (Wildman–Crippen MR) is 86.7 cm³/mol. The molecule has 5 nitrogen and oxygen atoms in total. The number of fused-ring (bicyclic) bond motifs is 1. The summed E-state index contributed by atoms with van der Waals surface area (Å²) < 4.78 is 2.72. The maximum atomic E-state index is 6.16. The number of benzene rings is 1. The van der Waals surface area contributed by atoms with Crippen molar-refractivity contribution < 1.29 is 0 Å². The van der Waals surface area contributed by atoms with Gasteiger partial charge in [0.25, 0.3) is 5.78 Å². The van der Waals surface area contributed by atoms with Gasteiger partial charge in [-0.2, -0.15) is 19.6 Å². The molecule has 0 aliphatic rings. The second kappa shape index (κ2) is 5.61. The summed E-state index contributed by atoms with van der Waals surface area (Å²) in [5.41, 5.74) is 2.01. The number of nitrogens with one attached hydrogen (secondary N) is 1. The first-order chi connectivity index (χ1) is 10.1. The Hall–Kier alpha value is -1.66. The van der Waals surface area contributed by atoms with Gasteiger partial charge in [0, 0.05) is 16.1 Å². The number of hydrogen-bond donors (Lipinski definition) is 1. The van der Waals surface area contributed by atoms with E-state index in [2.05, 4.69) is 55.4 Å². The van der Waals surface area contributed by atoms with Gasteiger partial charge in [-0.25, -0.2) is 0 Å². The Morgan fingerprint density at radius 3 is 2.71 bits per heavy atom. The van der Waals surface area contributed by atoms with Crippen molar-refractivity contribution in [1.29, 1.82) is 0 Å². The molecule has 3 rings (SSSR count). The maximum Gasteiger partial charge on any atom is 0.255 e. The van der Waals surface area contributed by atoms with Crippen LogP contribution in [0.15, 0.2) is 35.1 Å². The van der Waals surface area contributed by atoms with Crippen LogP contribution in [0.2, 0.25) is 5.15 Å². The van der Waals surface area contributed by atoms with Crippen molar-refractivity contribution >= 4 is 39.1 Å². The predicted octanol–water partition coefficient (Wildman–Crippen LogP) is 4.02. The highest BCUT2D eigenvalue weighted by atomic mass is 79.9.